The number of carbonyl (C=O) groups excluding carboxylic acids is 1. The Bertz CT molecular complexity index is 770. The molecule has 2 aromatic carbocycles. The smallest absolute Gasteiger partial charge is 0.253 e. The van der Waals surface area contributed by atoms with E-state index in [4.69, 9.17) is 0 Å². The SMILES string of the molecule is CN=C(NCCSCc1ccc(C)cc1)NCc1ccc(C(=O)N(C)C)cc1. The number of nitrogens with zero attached hydrogens (tertiary/aromatic N) is 2. The van der Waals surface area contributed by atoms with Gasteiger partial charge < -0.3 is 15.5 Å². The van der Waals surface area contributed by atoms with Crippen LogP contribution in [0.15, 0.2) is 53.5 Å². The Hall–Kier alpha value is -2.47. The second kappa shape index (κ2) is 11.4. The fourth-order valence-corrected chi connectivity index (χ4v) is 3.36. The van der Waals surface area contributed by atoms with Crippen LogP contribution in [0, 0.1) is 6.92 Å². The van der Waals surface area contributed by atoms with Crippen molar-refractivity contribution in [3.05, 3.63) is 70.8 Å². The summed E-state index contributed by atoms with van der Waals surface area (Å²) in [5, 5.41) is 6.64. The molecule has 0 bridgehead atoms. The molecule has 0 saturated heterocycles. The summed E-state index contributed by atoms with van der Waals surface area (Å²) in [7, 11) is 5.28. The summed E-state index contributed by atoms with van der Waals surface area (Å²) >= 11 is 1.90. The van der Waals surface area contributed by atoms with Crippen LogP contribution >= 0.6 is 11.8 Å². The zero-order valence-electron chi connectivity index (χ0n) is 17.2. The van der Waals surface area contributed by atoms with E-state index >= 15 is 0 Å². The molecule has 0 fully saturated rings. The zero-order valence-corrected chi connectivity index (χ0v) is 18.0. The van der Waals surface area contributed by atoms with Crippen LogP contribution in [-0.2, 0) is 12.3 Å². The van der Waals surface area contributed by atoms with E-state index in [1.165, 1.54) is 11.1 Å². The van der Waals surface area contributed by atoms with Gasteiger partial charge in [0.15, 0.2) is 5.96 Å². The van der Waals surface area contributed by atoms with E-state index < -0.39 is 0 Å². The van der Waals surface area contributed by atoms with Crippen molar-refractivity contribution in [3.63, 3.8) is 0 Å². The van der Waals surface area contributed by atoms with Gasteiger partial charge in [-0.15, -0.1) is 0 Å². The summed E-state index contributed by atoms with van der Waals surface area (Å²) in [6.07, 6.45) is 0. The van der Waals surface area contributed by atoms with Gasteiger partial charge in [-0.25, -0.2) is 0 Å². The van der Waals surface area contributed by atoms with Crippen molar-refractivity contribution in [2.75, 3.05) is 33.4 Å². The van der Waals surface area contributed by atoms with Crippen molar-refractivity contribution in [1.82, 2.24) is 15.5 Å². The molecule has 150 valence electrons. The van der Waals surface area contributed by atoms with E-state index in [1.54, 1.807) is 26.0 Å². The van der Waals surface area contributed by atoms with Crippen molar-refractivity contribution in [2.45, 2.75) is 19.2 Å². The number of aryl methyl sites for hydroxylation is 1. The summed E-state index contributed by atoms with van der Waals surface area (Å²) in [4.78, 5) is 17.8. The summed E-state index contributed by atoms with van der Waals surface area (Å²) in [6.45, 7) is 3.62. The van der Waals surface area contributed by atoms with Crippen LogP contribution in [0.1, 0.15) is 27.0 Å². The van der Waals surface area contributed by atoms with Crippen molar-refractivity contribution in [3.8, 4) is 0 Å². The van der Waals surface area contributed by atoms with Crippen molar-refractivity contribution < 1.29 is 4.79 Å². The molecule has 0 unspecified atom stereocenters. The first-order chi connectivity index (χ1) is 13.5. The third-order valence-electron chi connectivity index (χ3n) is 4.22. The maximum atomic E-state index is 11.9. The van der Waals surface area contributed by atoms with E-state index in [-0.39, 0.29) is 5.91 Å². The van der Waals surface area contributed by atoms with Gasteiger partial charge in [-0.1, -0.05) is 42.0 Å². The Morgan fingerprint density at radius 1 is 1.00 bits per heavy atom. The molecule has 6 heteroatoms. The highest BCUT2D eigenvalue weighted by molar-refractivity contribution is 7.98. The molecule has 0 saturated carbocycles. The standard InChI is InChI=1S/C22H30N4OS/c1-17-5-7-19(8-6-17)16-28-14-13-24-22(23-2)25-15-18-9-11-20(12-10-18)21(27)26(3)4/h5-12H,13-16H2,1-4H3,(H2,23,24,25). The molecule has 0 radical (unpaired) electrons. The number of thioether (sulfide) groups is 1. The van der Waals surface area contributed by atoms with Crippen LogP contribution in [-0.4, -0.2) is 50.2 Å². The predicted molar refractivity (Wildman–Crippen MR) is 120 cm³/mol. The van der Waals surface area contributed by atoms with Crippen LogP contribution in [0.2, 0.25) is 0 Å². The average molecular weight is 399 g/mol. The summed E-state index contributed by atoms with van der Waals surface area (Å²) in [6, 6.07) is 16.3. The van der Waals surface area contributed by atoms with Crippen LogP contribution < -0.4 is 10.6 Å². The van der Waals surface area contributed by atoms with E-state index in [0.717, 1.165) is 29.6 Å². The summed E-state index contributed by atoms with van der Waals surface area (Å²) < 4.78 is 0. The van der Waals surface area contributed by atoms with E-state index in [9.17, 15) is 4.79 Å². The van der Waals surface area contributed by atoms with Crippen LogP contribution in [0.5, 0.6) is 0 Å². The van der Waals surface area contributed by atoms with Crippen LogP contribution in [0.25, 0.3) is 0 Å². The van der Waals surface area contributed by atoms with Gasteiger partial charge in [0.05, 0.1) is 0 Å². The number of amides is 1. The molecule has 2 rings (SSSR count). The molecular weight excluding hydrogens is 368 g/mol. The maximum absolute atomic E-state index is 11.9. The molecule has 28 heavy (non-hydrogen) atoms. The second-order valence-corrected chi connectivity index (χ2v) is 7.89. The minimum atomic E-state index is 0.0140. The lowest BCUT2D eigenvalue weighted by molar-refractivity contribution is 0.0827. The van der Waals surface area contributed by atoms with E-state index in [0.29, 0.717) is 12.1 Å². The molecule has 1 amide bonds. The molecule has 0 atom stereocenters. The highest BCUT2D eigenvalue weighted by atomic mass is 32.2. The summed E-state index contributed by atoms with van der Waals surface area (Å²) in [5.74, 6) is 2.83. The Balaban J connectivity index is 1.68. The normalized spacial score (nSPS) is 11.2. The third kappa shape index (κ3) is 7.27. The Morgan fingerprint density at radius 3 is 2.25 bits per heavy atom. The first-order valence-electron chi connectivity index (χ1n) is 9.38. The number of guanidine groups is 1. The fourth-order valence-electron chi connectivity index (χ4n) is 2.55. The summed E-state index contributed by atoms with van der Waals surface area (Å²) in [5.41, 5.74) is 4.45. The molecule has 0 heterocycles. The van der Waals surface area contributed by atoms with Gasteiger partial charge in [-0.2, -0.15) is 11.8 Å². The number of benzene rings is 2. The topological polar surface area (TPSA) is 56.7 Å². The van der Waals surface area contributed by atoms with Gasteiger partial charge in [0.2, 0.25) is 0 Å². The predicted octanol–water partition coefficient (Wildman–Crippen LogP) is 3.30. The maximum Gasteiger partial charge on any atom is 0.253 e. The van der Waals surface area contributed by atoms with Crippen LogP contribution in [0.4, 0.5) is 0 Å². The highest BCUT2D eigenvalue weighted by Gasteiger charge is 2.07. The largest absolute Gasteiger partial charge is 0.356 e. The first-order valence-corrected chi connectivity index (χ1v) is 10.5. The van der Waals surface area contributed by atoms with Crippen molar-refractivity contribution >= 4 is 23.6 Å². The van der Waals surface area contributed by atoms with E-state index in [1.807, 2.05) is 36.0 Å². The Labute approximate surface area is 172 Å². The molecule has 0 spiro atoms. The average Bonchev–Trinajstić information content (AvgIpc) is 2.71. The molecular formula is C22H30N4OS. The molecule has 2 aromatic rings. The lowest BCUT2D eigenvalue weighted by Gasteiger charge is -2.13. The highest BCUT2D eigenvalue weighted by Crippen LogP contribution is 2.12. The van der Waals surface area contributed by atoms with Crippen LogP contribution in [0.3, 0.4) is 0 Å². The van der Waals surface area contributed by atoms with Crippen molar-refractivity contribution in [2.24, 2.45) is 4.99 Å². The Morgan fingerprint density at radius 2 is 1.64 bits per heavy atom. The van der Waals surface area contributed by atoms with Gasteiger partial charge in [0.25, 0.3) is 5.91 Å². The minimum Gasteiger partial charge on any atom is -0.356 e. The number of aliphatic imine (C=N–C) groups is 1. The number of nitrogens with one attached hydrogen (secondary N) is 2. The number of rotatable bonds is 8. The first kappa shape index (κ1) is 21.8. The van der Waals surface area contributed by atoms with Gasteiger partial charge in [-0.05, 0) is 30.2 Å². The monoisotopic (exact) mass is 398 g/mol. The molecule has 0 aliphatic heterocycles. The molecule has 5 nitrogen and oxygen atoms in total. The fraction of sp³-hybridized carbons (Fsp3) is 0.364. The lowest BCUT2D eigenvalue weighted by Crippen LogP contribution is -2.37. The zero-order chi connectivity index (χ0) is 20.4. The molecule has 0 aromatic heterocycles. The quantitative estimate of drug-likeness (QED) is 0.407. The van der Waals surface area contributed by atoms with Gasteiger partial charge >= 0.3 is 0 Å². The number of carbonyl (C=O) groups is 1. The minimum absolute atomic E-state index is 0.0140. The third-order valence-corrected chi connectivity index (χ3v) is 5.25. The lowest BCUT2D eigenvalue weighted by atomic mass is 10.1. The second-order valence-electron chi connectivity index (χ2n) is 6.79. The van der Waals surface area contributed by atoms with Gasteiger partial charge in [-0.3, -0.25) is 9.79 Å². The Kier molecular flexibility index (Phi) is 8.88. The number of hydrogen-bond donors (Lipinski definition) is 2. The number of hydrogen-bond acceptors (Lipinski definition) is 3. The van der Waals surface area contributed by atoms with Gasteiger partial charge in [0, 0.05) is 51.3 Å². The molecule has 0 aliphatic rings. The molecule has 2 N–H and O–H groups in total. The molecule has 0 aliphatic carbocycles. The van der Waals surface area contributed by atoms with Gasteiger partial charge in [0.1, 0.15) is 0 Å². The van der Waals surface area contributed by atoms with Crippen molar-refractivity contribution in [1.29, 1.82) is 0 Å². The van der Waals surface area contributed by atoms with E-state index in [2.05, 4.69) is 46.8 Å².